The van der Waals surface area contributed by atoms with E-state index >= 15 is 0 Å². The molecule has 0 spiro atoms. The van der Waals surface area contributed by atoms with Gasteiger partial charge in [-0.3, -0.25) is 0 Å². The molecular weight excluding hydrogens is 242 g/mol. The molecule has 0 unspecified atom stereocenters. The van der Waals surface area contributed by atoms with Gasteiger partial charge in [-0.05, 0) is 41.3 Å². The second kappa shape index (κ2) is 5.86. The van der Waals surface area contributed by atoms with Crippen molar-refractivity contribution in [2.75, 3.05) is 0 Å². The fourth-order valence-electron chi connectivity index (χ4n) is 1.95. The van der Waals surface area contributed by atoms with Gasteiger partial charge >= 0.3 is 0 Å². The lowest BCUT2D eigenvalue weighted by Crippen LogP contribution is -1.81. The molecule has 1 aromatic heterocycles. The topological polar surface area (TPSA) is 12.9 Å². The highest BCUT2D eigenvalue weighted by molar-refractivity contribution is 5.64. The van der Waals surface area contributed by atoms with E-state index in [1.54, 1.807) is 6.20 Å². The molecule has 2 aromatic carbocycles. The summed E-state index contributed by atoms with van der Waals surface area (Å²) in [7, 11) is 0. The molecule has 0 fully saturated rings. The highest BCUT2D eigenvalue weighted by atomic mass is 14.6. The molecule has 0 aliphatic carbocycles. The number of benzene rings is 2. The van der Waals surface area contributed by atoms with Gasteiger partial charge in [-0.25, -0.2) is 4.98 Å². The summed E-state index contributed by atoms with van der Waals surface area (Å²) < 4.78 is 0. The fraction of sp³-hybridized carbons (Fsp3) is 0. The zero-order valence-electron chi connectivity index (χ0n) is 11.0. The third-order valence-corrected chi connectivity index (χ3v) is 2.99. The van der Waals surface area contributed by atoms with Crippen molar-refractivity contribution in [1.82, 2.24) is 4.98 Å². The third kappa shape index (κ3) is 2.93. The van der Waals surface area contributed by atoms with Crippen LogP contribution in [0, 0.1) is 11.8 Å². The standard InChI is InChI=1S/C19H13N/c1-2-6-17(7-3-1)18-12-9-16(10-13-18)11-14-19-8-4-5-15-20-19/h1-10,12-13,15H. The Morgan fingerprint density at radius 2 is 1.30 bits per heavy atom. The second-order valence-electron chi connectivity index (χ2n) is 4.41. The number of hydrogen-bond acceptors (Lipinski definition) is 1. The van der Waals surface area contributed by atoms with Crippen molar-refractivity contribution >= 4 is 0 Å². The van der Waals surface area contributed by atoms with Crippen molar-refractivity contribution in [3.63, 3.8) is 0 Å². The van der Waals surface area contributed by atoms with E-state index in [2.05, 4.69) is 41.1 Å². The van der Waals surface area contributed by atoms with E-state index in [1.165, 1.54) is 11.1 Å². The largest absolute Gasteiger partial charge is 0.248 e. The van der Waals surface area contributed by atoms with Gasteiger partial charge in [-0.15, -0.1) is 0 Å². The molecular formula is C19H13N. The smallest absolute Gasteiger partial charge is 0.113 e. The zero-order chi connectivity index (χ0) is 13.6. The van der Waals surface area contributed by atoms with Crippen LogP contribution in [0.4, 0.5) is 0 Å². The van der Waals surface area contributed by atoms with E-state index in [0.29, 0.717) is 0 Å². The van der Waals surface area contributed by atoms with Gasteiger partial charge in [0.1, 0.15) is 5.69 Å². The molecule has 0 N–H and O–H groups in total. The average molecular weight is 255 g/mol. The molecule has 1 heterocycles. The molecule has 0 radical (unpaired) electrons. The van der Waals surface area contributed by atoms with Crippen molar-refractivity contribution < 1.29 is 0 Å². The van der Waals surface area contributed by atoms with Crippen LogP contribution < -0.4 is 0 Å². The highest BCUT2D eigenvalue weighted by Gasteiger charge is 1.95. The number of rotatable bonds is 1. The molecule has 0 bridgehead atoms. The van der Waals surface area contributed by atoms with E-state index in [4.69, 9.17) is 0 Å². The van der Waals surface area contributed by atoms with Crippen LogP contribution >= 0.6 is 0 Å². The molecule has 0 aliphatic heterocycles. The first-order chi connectivity index (χ1) is 9.92. The molecule has 94 valence electrons. The third-order valence-electron chi connectivity index (χ3n) is 2.99. The molecule has 3 rings (SSSR count). The van der Waals surface area contributed by atoms with Crippen LogP contribution in [-0.2, 0) is 0 Å². The molecule has 0 amide bonds. The summed E-state index contributed by atoms with van der Waals surface area (Å²) in [6, 6.07) is 24.3. The lowest BCUT2D eigenvalue weighted by atomic mass is 10.0. The van der Waals surface area contributed by atoms with Gasteiger partial charge in [0.25, 0.3) is 0 Å². The SMILES string of the molecule is C(#Cc1ccccn1)c1ccc(-c2ccccc2)cc1. The Balaban J connectivity index is 1.83. The minimum absolute atomic E-state index is 0.791. The Hall–Kier alpha value is -2.85. The van der Waals surface area contributed by atoms with Gasteiger partial charge in [0.05, 0.1) is 0 Å². The number of hydrogen-bond donors (Lipinski definition) is 0. The monoisotopic (exact) mass is 255 g/mol. The van der Waals surface area contributed by atoms with Crippen molar-refractivity contribution in [2.24, 2.45) is 0 Å². The summed E-state index contributed by atoms with van der Waals surface area (Å²) in [4.78, 5) is 4.19. The van der Waals surface area contributed by atoms with Crippen LogP contribution in [0.3, 0.4) is 0 Å². The molecule has 1 nitrogen and oxygen atoms in total. The summed E-state index contributed by atoms with van der Waals surface area (Å²) in [5, 5.41) is 0. The minimum atomic E-state index is 0.791. The zero-order valence-corrected chi connectivity index (χ0v) is 11.0. The predicted molar refractivity (Wildman–Crippen MR) is 82.1 cm³/mol. The Morgan fingerprint density at radius 3 is 2.00 bits per heavy atom. The van der Waals surface area contributed by atoms with E-state index < -0.39 is 0 Å². The van der Waals surface area contributed by atoms with Gasteiger partial charge in [-0.1, -0.05) is 54.5 Å². The van der Waals surface area contributed by atoms with Crippen molar-refractivity contribution in [3.05, 3.63) is 90.3 Å². The number of nitrogens with zero attached hydrogens (tertiary/aromatic N) is 1. The van der Waals surface area contributed by atoms with Crippen LogP contribution in [-0.4, -0.2) is 4.98 Å². The first kappa shape index (κ1) is 12.2. The highest BCUT2D eigenvalue weighted by Crippen LogP contribution is 2.18. The summed E-state index contributed by atoms with van der Waals surface area (Å²) in [5.41, 5.74) is 4.21. The molecule has 0 saturated carbocycles. The van der Waals surface area contributed by atoms with E-state index in [1.807, 2.05) is 48.5 Å². The second-order valence-corrected chi connectivity index (χ2v) is 4.41. The fourth-order valence-corrected chi connectivity index (χ4v) is 1.95. The predicted octanol–water partition coefficient (Wildman–Crippen LogP) is 4.15. The molecule has 1 heteroatoms. The maximum atomic E-state index is 4.19. The van der Waals surface area contributed by atoms with Crippen molar-refractivity contribution in [1.29, 1.82) is 0 Å². The van der Waals surface area contributed by atoms with Crippen molar-refractivity contribution in [2.45, 2.75) is 0 Å². The van der Waals surface area contributed by atoms with Gasteiger partial charge in [0.2, 0.25) is 0 Å². The van der Waals surface area contributed by atoms with Gasteiger partial charge in [0.15, 0.2) is 0 Å². The van der Waals surface area contributed by atoms with Crippen molar-refractivity contribution in [3.8, 4) is 23.0 Å². The Kier molecular flexibility index (Phi) is 3.57. The Bertz CT molecular complexity index is 733. The van der Waals surface area contributed by atoms with Gasteiger partial charge < -0.3 is 0 Å². The first-order valence-electron chi connectivity index (χ1n) is 6.50. The molecule has 3 aromatic rings. The van der Waals surface area contributed by atoms with Crippen LogP contribution in [0.1, 0.15) is 11.3 Å². The summed E-state index contributed by atoms with van der Waals surface area (Å²) in [5.74, 6) is 6.19. The lowest BCUT2D eigenvalue weighted by molar-refractivity contribution is 1.29. The normalized spacial score (nSPS) is 9.60. The Labute approximate surface area is 118 Å². The van der Waals surface area contributed by atoms with Crippen LogP contribution in [0.25, 0.3) is 11.1 Å². The van der Waals surface area contributed by atoms with Gasteiger partial charge in [-0.2, -0.15) is 0 Å². The molecule has 0 aliphatic rings. The van der Waals surface area contributed by atoms with Crippen LogP contribution in [0.2, 0.25) is 0 Å². The average Bonchev–Trinajstić information content (AvgIpc) is 2.55. The van der Waals surface area contributed by atoms with E-state index in [-0.39, 0.29) is 0 Å². The molecule has 0 atom stereocenters. The van der Waals surface area contributed by atoms with Crippen LogP contribution in [0.5, 0.6) is 0 Å². The quantitative estimate of drug-likeness (QED) is 0.595. The Morgan fingerprint density at radius 1 is 0.600 bits per heavy atom. The van der Waals surface area contributed by atoms with E-state index in [0.717, 1.165) is 11.3 Å². The molecule has 0 saturated heterocycles. The number of aromatic nitrogens is 1. The summed E-state index contributed by atoms with van der Waals surface area (Å²) in [6.07, 6.45) is 1.75. The maximum absolute atomic E-state index is 4.19. The van der Waals surface area contributed by atoms with Gasteiger partial charge in [0, 0.05) is 11.8 Å². The maximum Gasteiger partial charge on any atom is 0.113 e. The first-order valence-corrected chi connectivity index (χ1v) is 6.50. The van der Waals surface area contributed by atoms with E-state index in [9.17, 15) is 0 Å². The number of pyridine rings is 1. The summed E-state index contributed by atoms with van der Waals surface area (Å²) in [6.45, 7) is 0. The summed E-state index contributed by atoms with van der Waals surface area (Å²) >= 11 is 0. The molecule has 20 heavy (non-hydrogen) atoms. The minimum Gasteiger partial charge on any atom is -0.248 e. The lowest BCUT2D eigenvalue weighted by Gasteiger charge is -2.00. The van der Waals surface area contributed by atoms with Crippen LogP contribution in [0.15, 0.2) is 79.0 Å².